The highest BCUT2D eigenvalue weighted by Gasteiger charge is 2.14. The first-order valence-corrected chi connectivity index (χ1v) is 7.23. The predicted octanol–water partition coefficient (Wildman–Crippen LogP) is 0.0234. The smallest absolute Gasteiger partial charge is 0.265 e. The highest BCUT2D eigenvalue weighted by atomic mass is 32.2. The van der Waals surface area contributed by atoms with Crippen LogP contribution >= 0.6 is 0 Å². The minimum atomic E-state index is -3.87. The topological polar surface area (TPSA) is 71.4 Å². The summed E-state index contributed by atoms with van der Waals surface area (Å²) in [6.45, 7) is 0. The molecular formula is C5H13O4S2+. The molecule has 0 aliphatic rings. The quantitative estimate of drug-likeness (QED) is 0.514. The van der Waals surface area contributed by atoms with Crippen molar-refractivity contribution < 1.29 is 17.2 Å². The van der Waals surface area contributed by atoms with Gasteiger partial charge in [0.1, 0.15) is 18.3 Å². The summed E-state index contributed by atoms with van der Waals surface area (Å²) in [7, 11) is -5.74. The van der Waals surface area contributed by atoms with Gasteiger partial charge in [-0.2, -0.15) is 8.42 Å². The van der Waals surface area contributed by atoms with Gasteiger partial charge >= 0.3 is 0 Å². The van der Waals surface area contributed by atoms with Gasteiger partial charge in [-0.3, -0.25) is 4.55 Å². The lowest BCUT2D eigenvalue weighted by Crippen LogP contribution is -2.14. The van der Waals surface area contributed by atoms with E-state index in [1.165, 1.54) is 0 Å². The molecule has 0 aromatic rings. The van der Waals surface area contributed by atoms with E-state index in [9.17, 15) is 12.6 Å². The third kappa shape index (κ3) is 10.1. The summed E-state index contributed by atoms with van der Waals surface area (Å²) in [5.41, 5.74) is 0. The van der Waals surface area contributed by atoms with Crippen LogP contribution in [0.15, 0.2) is 0 Å². The Balaban J connectivity index is 3.70. The molecule has 11 heavy (non-hydrogen) atoms. The van der Waals surface area contributed by atoms with E-state index in [1.807, 2.05) is 0 Å². The Bertz CT molecular complexity index is 248. The first-order valence-electron chi connectivity index (χ1n) is 3.08. The zero-order valence-corrected chi connectivity index (χ0v) is 8.24. The van der Waals surface area contributed by atoms with Crippen LogP contribution < -0.4 is 0 Å². The largest absolute Gasteiger partial charge is 0.286 e. The monoisotopic (exact) mass is 201 g/mol. The average molecular weight is 201 g/mol. The zero-order valence-electron chi connectivity index (χ0n) is 6.61. The molecule has 0 aromatic heterocycles. The van der Waals surface area contributed by atoms with Gasteiger partial charge in [0.2, 0.25) is 0 Å². The molecule has 6 heteroatoms. The molecule has 68 valence electrons. The molecule has 0 spiro atoms. The molecule has 0 amide bonds. The summed E-state index contributed by atoms with van der Waals surface area (Å²) >= 11 is 0. The second kappa shape index (κ2) is 3.64. The molecule has 0 radical (unpaired) electrons. The highest BCUT2D eigenvalue weighted by Crippen LogP contribution is 1.98. The van der Waals surface area contributed by atoms with Crippen molar-refractivity contribution in [1.82, 2.24) is 0 Å². The molecule has 0 aliphatic heterocycles. The van der Waals surface area contributed by atoms with Crippen LogP contribution in [0.2, 0.25) is 0 Å². The second-order valence-electron chi connectivity index (χ2n) is 2.78. The Morgan fingerprint density at radius 2 is 1.82 bits per heavy atom. The third-order valence-electron chi connectivity index (χ3n) is 1.04. The molecule has 4 nitrogen and oxygen atoms in total. The lowest BCUT2D eigenvalue weighted by molar-refractivity contribution is 0.482. The first-order chi connectivity index (χ1) is 4.71. The fourth-order valence-corrected chi connectivity index (χ4v) is 2.12. The van der Waals surface area contributed by atoms with Crippen LogP contribution in [-0.2, 0) is 24.3 Å². The fraction of sp³-hybridized carbons (Fsp3) is 1.00. The minimum absolute atomic E-state index is 0.255. The van der Waals surface area contributed by atoms with Crippen LogP contribution in [0, 0.1) is 0 Å². The van der Waals surface area contributed by atoms with Gasteiger partial charge in [0.15, 0.2) is 0 Å². The highest BCUT2D eigenvalue weighted by molar-refractivity contribution is 8.01. The minimum Gasteiger partial charge on any atom is -0.286 e. The first kappa shape index (κ1) is 11.1. The average Bonchev–Trinajstić information content (AvgIpc) is 1.55. The van der Waals surface area contributed by atoms with E-state index in [1.54, 1.807) is 12.5 Å². The van der Waals surface area contributed by atoms with Crippen molar-refractivity contribution in [1.29, 1.82) is 0 Å². The molecule has 0 aromatic carbocycles. The molecule has 0 rings (SSSR count). The maximum atomic E-state index is 11.0. The van der Waals surface area contributed by atoms with Crippen LogP contribution in [0.3, 0.4) is 0 Å². The maximum Gasteiger partial charge on any atom is 0.265 e. The van der Waals surface area contributed by atoms with Gasteiger partial charge in [0.25, 0.3) is 10.1 Å². The van der Waals surface area contributed by atoms with E-state index in [-0.39, 0.29) is 12.2 Å². The molecule has 0 unspecified atom stereocenters. The summed E-state index contributed by atoms with van der Waals surface area (Å²) < 4.78 is 39.6. The second-order valence-corrected chi connectivity index (χ2v) is 7.63. The van der Waals surface area contributed by atoms with E-state index in [0.717, 1.165) is 0 Å². The van der Waals surface area contributed by atoms with Crippen molar-refractivity contribution in [2.75, 3.05) is 24.0 Å². The van der Waals surface area contributed by atoms with Crippen LogP contribution in [-0.4, -0.2) is 37.0 Å². The summed E-state index contributed by atoms with van der Waals surface area (Å²) in [6.07, 6.45) is 3.39. The van der Waals surface area contributed by atoms with Gasteiger partial charge in [-0.15, -0.1) is 4.21 Å². The lowest BCUT2D eigenvalue weighted by atomic mass is 10.6. The third-order valence-corrected chi connectivity index (χ3v) is 3.11. The van der Waals surface area contributed by atoms with E-state index < -0.39 is 20.1 Å². The van der Waals surface area contributed by atoms with Crippen molar-refractivity contribution in [3.63, 3.8) is 0 Å². The summed E-state index contributed by atoms with van der Waals surface area (Å²) in [5.74, 6) is 0.0401. The van der Waals surface area contributed by atoms with Crippen LogP contribution in [0.1, 0.15) is 6.42 Å². The number of rotatable bonds is 4. The van der Waals surface area contributed by atoms with Crippen LogP contribution in [0.25, 0.3) is 0 Å². The van der Waals surface area contributed by atoms with Gasteiger partial charge in [-0.05, 0) is 0 Å². The molecule has 1 N–H and O–H groups in total. The van der Waals surface area contributed by atoms with E-state index >= 15 is 0 Å². The maximum absolute atomic E-state index is 11.0. The molecule has 0 saturated heterocycles. The van der Waals surface area contributed by atoms with E-state index in [0.29, 0.717) is 5.75 Å². The number of hydrogen-bond donors (Lipinski definition) is 1. The standard InChI is InChI=1S/C5H12O4S2/c1-10(2,6)4-3-5-11(7,8)9/h3-5H2,1-2H3/p+1. The van der Waals surface area contributed by atoms with Gasteiger partial charge in [-0.25, -0.2) is 0 Å². The molecule has 0 heterocycles. The van der Waals surface area contributed by atoms with E-state index in [4.69, 9.17) is 4.55 Å². The van der Waals surface area contributed by atoms with E-state index in [2.05, 4.69) is 0 Å². The number of hydrogen-bond acceptors (Lipinski definition) is 3. The van der Waals surface area contributed by atoms with Gasteiger partial charge < -0.3 is 0 Å². The molecule has 0 saturated carbocycles. The SMILES string of the molecule is C[S+](C)(=O)CCCS(=O)(=O)O. The Morgan fingerprint density at radius 3 is 2.09 bits per heavy atom. The van der Waals surface area contributed by atoms with Crippen molar-refractivity contribution in [2.45, 2.75) is 6.42 Å². The van der Waals surface area contributed by atoms with Gasteiger partial charge in [-0.1, -0.05) is 0 Å². The Kier molecular flexibility index (Phi) is 3.66. The Morgan fingerprint density at radius 1 is 1.36 bits per heavy atom. The van der Waals surface area contributed by atoms with Crippen molar-refractivity contribution in [3.05, 3.63) is 0 Å². The van der Waals surface area contributed by atoms with Crippen molar-refractivity contribution >= 4 is 20.1 Å². The molecule has 0 aliphatic carbocycles. The van der Waals surface area contributed by atoms with Crippen LogP contribution in [0.5, 0.6) is 0 Å². The zero-order chi connectivity index (χ0) is 9.12. The lowest BCUT2D eigenvalue weighted by Gasteiger charge is -1.98. The van der Waals surface area contributed by atoms with Crippen molar-refractivity contribution in [2.24, 2.45) is 0 Å². The summed E-state index contributed by atoms with van der Waals surface area (Å²) in [6, 6.07) is 0. The van der Waals surface area contributed by atoms with Crippen molar-refractivity contribution in [3.8, 4) is 0 Å². The Hall–Kier alpha value is 0.0600. The summed E-state index contributed by atoms with van der Waals surface area (Å²) in [4.78, 5) is 0. The fourth-order valence-electron chi connectivity index (χ4n) is 0.589. The molecular weight excluding hydrogens is 188 g/mol. The molecule has 0 bridgehead atoms. The normalized spacial score (nSPS) is 13.4. The Labute approximate surface area is 68.2 Å². The summed E-state index contributed by atoms with van der Waals surface area (Å²) in [5, 5.41) is 0. The molecule has 0 fully saturated rings. The molecule has 0 atom stereocenters. The van der Waals surface area contributed by atoms with Gasteiger partial charge in [0.05, 0.1) is 15.7 Å². The van der Waals surface area contributed by atoms with Crippen LogP contribution in [0.4, 0.5) is 0 Å². The predicted molar refractivity (Wildman–Crippen MR) is 45.8 cm³/mol. The van der Waals surface area contributed by atoms with Gasteiger partial charge in [0, 0.05) is 6.42 Å².